The molecule has 2 heterocycles. The molecule has 3 heteroatoms. The van der Waals surface area contributed by atoms with Gasteiger partial charge < -0.3 is 9.80 Å². The molecule has 1 amide bonds. The Kier molecular flexibility index (Phi) is 4.43. The maximum Gasteiger partial charge on any atom is 0.225 e. The molecular weight excluding hydrogens is 272 g/mol. The zero-order chi connectivity index (χ0) is 14.9. The predicted molar refractivity (Wildman–Crippen MR) is 88.5 cm³/mol. The number of fused-ring (bicyclic) bond motifs is 2. The molecular formula is C19H32N2O. The summed E-state index contributed by atoms with van der Waals surface area (Å²) in [4.78, 5) is 17.8. The summed E-state index contributed by atoms with van der Waals surface area (Å²) >= 11 is 0. The van der Waals surface area contributed by atoms with Crippen LogP contribution in [0.5, 0.6) is 0 Å². The molecule has 0 spiro atoms. The van der Waals surface area contributed by atoms with Gasteiger partial charge in [-0.1, -0.05) is 12.8 Å². The first-order valence-electron chi connectivity index (χ1n) is 9.81. The van der Waals surface area contributed by atoms with Crippen molar-refractivity contribution in [2.45, 2.75) is 57.8 Å². The van der Waals surface area contributed by atoms with Crippen molar-refractivity contribution in [3.63, 3.8) is 0 Å². The van der Waals surface area contributed by atoms with Crippen molar-refractivity contribution in [2.24, 2.45) is 23.7 Å². The highest BCUT2D eigenvalue weighted by molar-refractivity contribution is 5.79. The van der Waals surface area contributed by atoms with Crippen molar-refractivity contribution in [1.82, 2.24) is 9.80 Å². The Morgan fingerprint density at radius 3 is 2.50 bits per heavy atom. The summed E-state index contributed by atoms with van der Waals surface area (Å²) in [6, 6.07) is 0. The highest BCUT2D eigenvalue weighted by Gasteiger charge is 2.44. The number of carbonyl (C=O) groups is 1. The molecule has 2 aliphatic heterocycles. The van der Waals surface area contributed by atoms with Crippen molar-refractivity contribution in [2.75, 3.05) is 32.7 Å². The molecule has 0 radical (unpaired) electrons. The molecule has 4 atom stereocenters. The van der Waals surface area contributed by atoms with Gasteiger partial charge in [-0.25, -0.2) is 0 Å². The van der Waals surface area contributed by atoms with Gasteiger partial charge in [0.25, 0.3) is 0 Å². The molecule has 0 aromatic carbocycles. The minimum atomic E-state index is 0.396. The van der Waals surface area contributed by atoms with Crippen LogP contribution in [0, 0.1) is 23.7 Å². The maximum absolute atomic E-state index is 12.9. The van der Waals surface area contributed by atoms with Crippen molar-refractivity contribution < 1.29 is 4.79 Å². The van der Waals surface area contributed by atoms with Crippen LogP contribution in [0.4, 0.5) is 0 Å². The second kappa shape index (κ2) is 6.51. The van der Waals surface area contributed by atoms with Gasteiger partial charge in [-0.2, -0.15) is 0 Å². The maximum atomic E-state index is 12.9. The van der Waals surface area contributed by atoms with E-state index in [1.165, 1.54) is 77.4 Å². The van der Waals surface area contributed by atoms with Gasteiger partial charge in [-0.05, 0) is 75.8 Å². The summed E-state index contributed by atoms with van der Waals surface area (Å²) in [6.07, 6.45) is 12.0. The van der Waals surface area contributed by atoms with Crippen molar-refractivity contribution in [1.29, 1.82) is 0 Å². The van der Waals surface area contributed by atoms with E-state index in [-0.39, 0.29) is 0 Å². The normalized spacial score (nSPS) is 39.4. The Labute approximate surface area is 135 Å². The van der Waals surface area contributed by atoms with Gasteiger partial charge in [0.2, 0.25) is 5.91 Å². The first-order chi connectivity index (χ1) is 10.8. The van der Waals surface area contributed by atoms with Crippen LogP contribution in [-0.4, -0.2) is 48.4 Å². The predicted octanol–water partition coefficient (Wildman–Crippen LogP) is 3.15. The third-order valence-electron chi connectivity index (χ3n) is 6.85. The van der Waals surface area contributed by atoms with Crippen LogP contribution in [0.3, 0.4) is 0 Å². The molecule has 2 saturated carbocycles. The molecule has 4 fully saturated rings. The fourth-order valence-electron chi connectivity index (χ4n) is 5.70. The van der Waals surface area contributed by atoms with Crippen LogP contribution in [0.1, 0.15) is 57.8 Å². The quantitative estimate of drug-likeness (QED) is 0.799. The lowest BCUT2D eigenvalue weighted by Crippen LogP contribution is -2.47. The third kappa shape index (κ3) is 3.06. The highest BCUT2D eigenvalue weighted by atomic mass is 16.2. The Balaban J connectivity index is 1.31. The fraction of sp³-hybridized carbons (Fsp3) is 0.947. The largest absolute Gasteiger partial charge is 0.342 e. The number of nitrogens with zero attached hydrogens (tertiary/aromatic N) is 2. The lowest BCUT2D eigenvalue weighted by molar-refractivity contribution is -0.139. The number of amides is 1. The molecule has 4 aliphatic rings. The van der Waals surface area contributed by atoms with Crippen LogP contribution >= 0.6 is 0 Å². The van der Waals surface area contributed by atoms with Gasteiger partial charge in [0, 0.05) is 25.6 Å². The van der Waals surface area contributed by atoms with Crippen LogP contribution in [0.2, 0.25) is 0 Å². The van der Waals surface area contributed by atoms with Gasteiger partial charge in [0.05, 0.1) is 0 Å². The summed E-state index contributed by atoms with van der Waals surface area (Å²) in [5, 5.41) is 0. The van der Waals surface area contributed by atoms with Gasteiger partial charge in [0.1, 0.15) is 0 Å². The minimum Gasteiger partial charge on any atom is -0.342 e. The van der Waals surface area contributed by atoms with E-state index >= 15 is 0 Å². The van der Waals surface area contributed by atoms with Crippen molar-refractivity contribution in [3.05, 3.63) is 0 Å². The average Bonchev–Trinajstić information content (AvgIpc) is 3.18. The van der Waals surface area contributed by atoms with Gasteiger partial charge in [0.15, 0.2) is 0 Å². The molecule has 2 aliphatic carbocycles. The molecule has 0 unspecified atom stereocenters. The van der Waals surface area contributed by atoms with Crippen LogP contribution in [-0.2, 0) is 4.79 Å². The lowest BCUT2D eigenvalue weighted by atomic mass is 9.86. The summed E-state index contributed by atoms with van der Waals surface area (Å²) < 4.78 is 0. The average molecular weight is 304 g/mol. The molecule has 0 N–H and O–H groups in total. The molecule has 3 nitrogen and oxygen atoms in total. The van der Waals surface area contributed by atoms with E-state index in [4.69, 9.17) is 0 Å². The lowest BCUT2D eigenvalue weighted by Gasteiger charge is -2.38. The van der Waals surface area contributed by atoms with E-state index in [0.717, 1.165) is 30.8 Å². The zero-order valence-electron chi connectivity index (χ0n) is 14.0. The fourth-order valence-corrected chi connectivity index (χ4v) is 5.70. The van der Waals surface area contributed by atoms with Crippen LogP contribution < -0.4 is 0 Å². The Bertz CT molecular complexity index is 404. The number of likely N-dealkylation sites (tertiary alicyclic amines) is 2. The van der Waals surface area contributed by atoms with E-state index in [0.29, 0.717) is 11.8 Å². The number of hydrogen-bond acceptors (Lipinski definition) is 2. The highest BCUT2D eigenvalue weighted by Crippen LogP contribution is 2.49. The summed E-state index contributed by atoms with van der Waals surface area (Å²) in [7, 11) is 0. The summed E-state index contributed by atoms with van der Waals surface area (Å²) in [6.45, 7) is 5.89. The van der Waals surface area contributed by atoms with E-state index in [9.17, 15) is 4.79 Å². The molecule has 22 heavy (non-hydrogen) atoms. The van der Waals surface area contributed by atoms with E-state index in [2.05, 4.69) is 9.80 Å². The molecule has 0 aromatic rings. The SMILES string of the molecule is O=C([C@H]1C[C@H]2CC[C@H]1C2)N1CCC[C@@H](CN2CCCCC2)C1. The van der Waals surface area contributed by atoms with Gasteiger partial charge >= 0.3 is 0 Å². The minimum absolute atomic E-state index is 0.396. The Morgan fingerprint density at radius 2 is 1.77 bits per heavy atom. The monoisotopic (exact) mass is 304 g/mol. The third-order valence-corrected chi connectivity index (χ3v) is 6.85. The van der Waals surface area contributed by atoms with Crippen molar-refractivity contribution in [3.8, 4) is 0 Å². The van der Waals surface area contributed by atoms with E-state index < -0.39 is 0 Å². The molecule has 2 bridgehead atoms. The topological polar surface area (TPSA) is 23.6 Å². The Morgan fingerprint density at radius 1 is 0.909 bits per heavy atom. The number of carbonyl (C=O) groups excluding carboxylic acids is 1. The molecule has 0 aromatic heterocycles. The first kappa shape index (κ1) is 15.0. The summed E-state index contributed by atoms with van der Waals surface area (Å²) in [5.74, 6) is 3.27. The Hall–Kier alpha value is -0.570. The summed E-state index contributed by atoms with van der Waals surface area (Å²) in [5.41, 5.74) is 0. The molecule has 2 saturated heterocycles. The van der Waals surface area contributed by atoms with Crippen molar-refractivity contribution >= 4 is 5.91 Å². The standard InChI is InChI=1S/C19H32N2O/c22-19(18-12-15-6-7-17(18)11-15)21-10-4-5-16(14-21)13-20-8-2-1-3-9-20/h15-18H,1-14H2/t15-,16-,17-,18-/m0/s1. The second-order valence-electron chi connectivity index (χ2n) is 8.44. The number of piperidine rings is 2. The number of rotatable bonds is 3. The first-order valence-corrected chi connectivity index (χ1v) is 9.81. The molecule has 4 rings (SSSR count). The van der Waals surface area contributed by atoms with Crippen LogP contribution in [0.15, 0.2) is 0 Å². The molecule has 124 valence electrons. The smallest absolute Gasteiger partial charge is 0.225 e. The van der Waals surface area contributed by atoms with Crippen LogP contribution in [0.25, 0.3) is 0 Å². The van der Waals surface area contributed by atoms with Gasteiger partial charge in [-0.15, -0.1) is 0 Å². The zero-order valence-corrected chi connectivity index (χ0v) is 14.0. The van der Waals surface area contributed by atoms with E-state index in [1.807, 2.05) is 0 Å². The number of hydrogen-bond donors (Lipinski definition) is 0. The van der Waals surface area contributed by atoms with Gasteiger partial charge in [-0.3, -0.25) is 4.79 Å². The second-order valence-corrected chi connectivity index (χ2v) is 8.44. The van der Waals surface area contributed by atoms with E-state index in [1.54, 1.807) is 0 Å².